The summed E-state index contributed by atoms with van der Waals surface area (Å²) >= 11 is 0. The van der Waals surface area contributed by atoms with E-state index in [1.54, 1.807) is 0 Å². The summed E-state index contributed by atoms with van der Waals surface area (Å²) in [5.41, 5.74) is 0. The number of piperidine rings is 1. The van der Waals surface area contributed by atoms with E-state index in [0.29, 0.717) is 13.0 Å². The van der Waals surface area contributed by atoms with Crippen molar-refractivity contribution in [3.8, 4) is 0 Å². The van der Waals surface area contributed by atoms with Gasteiger partial charge in [-0.25, -0.2) is 14.4 Å². The van der Waals surface area contributed by atoms with Crippen molar-refractivity contribution in [3.05, 3.63) is 0 Å². The Bertz CT molecular complexity index is 359. The number of aliphatic hydroxyl groups is 1. The van der Waals surface area contributed by atoms with Gasteiger partial charge in [0.2, 0.25) is 0 Å². The summed E-state index contributed by atoms with van der Waals surface area (Å²) in [6.45, 7) is -0.00662. The van der Waals surface area contributed by atoms with Crippen LogP contribution in [0.4, 0.5) is 4.79 Å². The van der Waals surface area contributed by atoms with Crippen LogP contribution in [0.15, 0.2) is 0 Å². The van der Waals surface area contributed by atoms with E-state index in [-0.39, 0.29) is 0 Å². The van der Waals surface area contributed by atoms with E-state index in [4.69, 9.17) is 10.2 Å². The van der Waals surface area contributed by atoms with Crippen LogP contribution in [0, 0.1) is 0 Å². The molecule has 8 nitrogen and oxygen atoms in total. The van der Waals surface area contributed by atoms with Crippen LogP contribution in [-0.2, 0) is 14.3 Å². The number of esters is 1. The first-order valence-electron chi connectivity index (χ1n) is 6.00. The van der Waals surface area contributed by atoms with Crippen molar-refractivity contribution >= 4 is 18.0 Å². The van der Waals surface area contributed by atoms with Crippen molar-refractivity contribution in [3.63, 3.8) is 0 Å². The molecule has 0 spiro atoms. The minimum Gasteiger partial charge on any atom is -0.479 e. The Kier molecular flexibility index (Phi) is 5.56. The number of hydrogen-bond acceptors (Lipinski definition) is 5. The van der Waals surface area contributed by atoms with Gasteiger partial charge >= 0.3 is 18.0 Å². The van der Waals surface area contributed by atoms with Crippen molar-refractivity contribution < 1.29 is 29.3 Å². The molecular formula is C11H18N2O6. The number of likely N-dealkylation sites (tertiary alicyclic amines) is 1. The fourth-order valence-electron chi connectivity index (χ4n) is 1.93. The zero-order valence-electron chi connectivity index (χ0n) is 10.7. The predicted molar refractivity (Wildman–Crippen MR) is 63.4 cm³/mol. The molecule has 1 aliphatic heterocycles. The Balaban J connectivity index is 2.57. The van der Waals surface area contributed by atoms with Crippen LogP contribution in [-0.4, -0.2) is 65.4 Å². The number of aliphatic carboxylic acids is 1. The molecule has 2 atom stereocenters. The lowest BCUT2D eigenvalue weighted by Crippen LogP contribution is -2.53. The fourth-order valence-corrected chi connectivity index (χ4v) is 1.93. The first-order chi connectivity index (χ1) is 8.97. The molecule has 1 fully saturated rings. The van der Waals surface area contributed by atoms with Gasteiger partial charge in [-0.05, 0) is 19.3 Å². The molecular weight excluding hydrogens is 256 g/mol. The molecule has 1 saturated heterocycles. The maximum atomic E-state index is 11.9. The van der Waals surface area contributed by atoms with Crippen LogP contribution in [0.5, 0.6) is 0 Å². The van der Waals surface area contributed by atoms with E-state index in [1.165, 1.54) is 12.0 Å². The SMILES string of the molecule is COC(=O)C1CCCCN1C(=O)NC[C@H](O)C(=O)O. The third kappa shape index (κ3) is 4.09. The average Bonchev–Trinajstić information content (AvgIpc) is 2.43. The van der Waals surface area contributed by atoms with E-state index in [1.807, 2.05) is 0 Å². The summed E-state index contributed by atoms with van der Waals surface area (Å²) in [7, 11) is 1.25. The molecule has 1 aliphatic rings. The second-order valence-corrected chi connectivity index (χ2v) is 4.27. The standard InChI is InChI=1S/C11H18N2O6/c1-19-10(17)7-4-2-3-5-13(7)11(18)12-6-8(14)9(15)16/h7-8,14H,2-6H2,1H3,(H,12,18)(H,15,16)/t7?,8-/m0/s1. The fraction of sp³-hybridized carbons (Fsp3) is 0.727. The van der Waals surface area contributed by atoms with Gasteiger partial charge < -0.3 is 25.2 Å². The van der Waals surface area contributed by atoms with Crippen LogP contribution >= 0.6 is 0 Å². The Morgan fingerprint density at radius 1 is 1.42 bits per heavy atom. The number of carbonyl (C=O) groups excluding carboxylic acids is 2. The molecule has 0 radical (unpaired) electrons. The molecule has 19 heavy (non-hydrogen) atoms. The summed E-state index contributed by atoms with van der Waals surface area (Å²) in [6.07, 6.45) is 0.441. The smallest absolute Gasteiger partial charge is 0.334 e. The molecule has 1 heterocycles. The maximum absolute atomic E-state index is 11.9. The highest BCUT2D eigenvalue weighted by Crippen LogP contribution is 2.18. The lowest BCUT2D eigenvalue weighted by atomic mass is 10.0. The summed E-state index contributed by atoms with van der Waals surface area (Å²) in [5.74, 6) is -1.91. The topological polar surface area (TPSA) is 116 Å². The molecule has 1 rings (SSSR count). The number of amides is 2. The third-order valence-electron chi connectivity index (χ3n) is 2.97. The number of rotatable bonds is 4. The molecule has 1 unspecified atom stereocenters. The number of nitrogens with zero attached hydrogens (tertiary/aromatic N) is 1. The molecule has 3 N–H and O–H groups in total. The van der Waals surface area contributed by atoms with Crippen LogP contribution in [0.3, 0.4) is 0 Å². The van der Waals surface area contributed by atoms with Gasteiger partial charge in [-0.1, -0.05) is 0 Å². The molecule has 108 valence electrons. The van der Waals surface area contributed by atoms with Gasteiger partial charge in [-0.15, -0.1) is 0 Å². The lowest BCUT2D eigenvalue weighted by Gasteiger charge is -2.33. The first-order valence-corrected chi connectivity index (χ1v) is 6.00. The van der Waals surface area contributed by atoms with E-state index < -0.39 is 36.7 Å². The third-order valence-corrected chi connectivity index (χ3v) is 2.97. The van der Waals surface area contributed by atoms with Gasteiger partial charge in [0.25, 0.3) is 0 Å². The predicted octanol–water partition coefficient (Wildman–Crippen LogP) is -0.831. The summed E-state index contributed by atoms with van der Waals surface area (Å²) in [5, 5.41) is 19.9. The summed E-state index contributed by atoms with van der Waals surface area (Å²) in [6, 6.07) is -1.23. The number of aliphatic hydroxyl groups excluding tert-OH is 1. The molecule has 8 heteroatoms. The Morgan fingerprint density at radius 3 is 2.68 bits per heavy atom. The van der Waals surface area contributed by atoms with E-state index >= 15 is 0 Å². The molecule has 0 aromatic rings. The number of methoxy groups -OCH3 is 1. The quantitative estimate of drug-likeness (QED) is 0.576. The Labute approximate surface area is 110 Å². The van der Waals surface area contributed by atoms with Gasteiger partial charge in [0.1, 0.15) is 6.04 Å². The van der Waals surface area contributed by atoms with Gasteiger partial charge in [0.15, 0.2) is 6.10 Å². The summed E-state index contributed by atoms with van der Waals surface area (Å²) in [4.78, 5) is 35.1. The van der Waals surface area contributed by atoms with Crippen molar-refractivity contribution in [1.29, 1.82) is 0 Å². The zero-order chi connectivity index (χ0) is 14.4. The maximum Gasteiger partial charge on any atom is 0.334 e. The lowest BCUT2D eigenvalue weighted by molar-refractivity contribution is -0.148. The normalized spacial score (nSPS) is 20.5. The Hall–Kier alpha value is -1.83. The molecule has 2 amide bonds. The average molecular weight is 274 g/mol. The number of hydrogen-bond donors (Lipinski definition) is 3. The molecule has 0 aromatic heterocycles. The molecule has 0 aliphatic carbocycles. The van der Waals surface area contributed by atoms with Crippen LogP contribution in [0.1, 0.15) is 19.3 Å². The number of ether oxygens (including phenoxy) is 1. The van der Waals surface area contributed by atoms with E-state index in [2.05, 4.69) is 10.1 Å². The number of urea groups is 1. The minimum absolute atomic E-state index is 0.398. The van der Waals surface area contributed by atoms with Gasteiger partial charge in [0.05, 0.1) is 13.7 Å². The summed E-state index contributed by atoms with van der Waals surface area (Å²) < 4.78 is 4.63. The van der Waals surface area contributed by atoms with Crippen molar-refractivity contribution in [2.45, 2.75) is 31.4 Å². The largest absolute Gasteiger partial charge is 0.479 e. The highest BCUT2D eigenvalue weighted by atomic mass is 16.5. The van der Waals surface area contributed by atoms with E-state index in [0.717, 1.165) is 12.8 Å². The van der Waals surface area contributed by atoms with Gasteiger partial charge in [-0.3, -0.25) is 0 Å². The van der Waals surface area contributed by atoms with Gasteiger partial charge in [0, 0.05) is 6.54 Å². The Morgan fingerprint density at radius 2 is 2.11 bits per heavy atom. The number of carbonyl (C=O) groups is 3. The first kappa shape index (κ1) is 15.2. The second-order valence-electron chi connectivity index (χ2n) is 4.27. The molecule has 0 aromatic carbocycles. The molecule has 0 bridgehead atoms. The number of carboxylic acid groups (broad SMARTS) is 1. The van der Waals surface area contributed by atoms with Crippen molar-refractivity contribution in [2.24, 2.45) is 0 Å². The van der Waals surface area contributed by atoms with E-state index in [9.17, 15) is 14.4 Å². The van der Waals surface area contributed by atoms with Crippen LogP contribution in [0.25, 0.3) is 0 Å². The highest BCUT2D eigenvalue weighted by molar-refractivity contribution is 5.84. The number of nitrogens with one attached hydrogen (secondary N) is 1. The monoisotopic (exact) mass is 274 g/mol. The van der Waals surface area contributed by atoms with Crippen molar-refractivity contribution in [1.82, 2.24) is 10.2 Å². The highest BCUT2D eigenvalue weighted by Gasteiger charge is 2.33. The van der Waals surface area contributed by atoms with Crippen LogP contribution in [0.2, 0.25) is 0 Å². The number of carboxylic acids is 1. The molecule has 0 saturated carbocycles. The van der Waals surface area contributed by atoms with Crippen LogP contribution < -0.4 is 5.32 Å². The van der Waals surface area contributed by atoms with Crippen molar-refractivity contribution in [2.75, 3.05) is 20.2 Å². The minimum atomic E-state index is -1.66. The second kappa shape index (κ2) is 6.93. The zero-order valence-corrected chi connectivity index (χ0v) is 10.7. The van der Waals surface area contributed by atoms with Gasteiger partial charge in [-0.2, -0.15) is 0 Å².